The Labute approximate surface area is 90.2 Å². The van der Waals surface area contributed by atoms with Crippen LogP contribution in [0.1, 0.15) is 12.8 Å². The molecule has 3 nitrogen and oxygen atoms in total. The second kappa shape index (κ2) is 4.00. The minimum absolute atomic E-state index is 0.618. The van der Waals surface area contributed by atoms with Crippen molar-refractivity contribution in [3.63, 3.8) is 0 Å². The molecule has 4 heteroatoms. The van der Waals surface area contributed by atoms with Crippen LogP contribution in [0.4, 0.5) is 0 Å². The van der Waals surface area contributed by atoms with Gasteiger partial charge in [-0.05, 0) is 19.1 Å². The summed E-state index contributed by atoms with van der Waals surface area (Å²) >= 11 is 3.30. The van der Waals surface area contributed by atoms with E-state index < -0.39 is 0 Å². The Morgan fingerprint density at radius 3 is 3.07 bits per heavy atom. The van der Waals surface area contributed by atoms with Gasteiger partial charge < -0.3 is 9.15 Å². The number of nitrogens with zero attached hydrogens (tertiary/aromatic N) is 1. The molecular formula is C10H10BrNO2. The van der Waals surface area contributed by atoms with E-state index in [4.69, 9.17) is 9.15 Å². The maximum atomic E-state index is 5.52. The summed E-state index contributed by atoms with van der Waals surface area (Å²) < 4.78 is 10.9. The number of alkyl halides is 1. The lowest BCUT2D eigenvalue weighted by atomic mass is 10.3. The first-order chi connectivity index (χ1) is 6.85. The van der Waals surface area contributed by atoms with Crippen LogP contribution in [0.3, 0.4) is 0 Å². The van der Waals surface area contributed by atoms with E-state index in [-0.39, 0.29) is 0 Å². The summed E-state index contributed by atoms with van der Waals surface area (Å²) in [6.07, 6.45) is 0. The van der Waals surface area contributed by atoms with Crippen molar-refractivity contribution in [2.75, 3.05) is 6.61 Å². The highest BCUT2D eigenvalue weighted by atomic mass is 79.9. The molecule has 0 saturated heterocycles. The highest BCUT2D eigenvalue weighted by Crippen LogP contribution is 2.26. The smallest absolute Gasteiger partial charge is 0.206 e. The number of hydrogen-bond donors (Lipinski definition) is 0. The van der Waals surface area contributed by atoms with Crippen LogP contribution >= 0.6 is 15.9 Å². The van der Waals surface area contributed by atoms with Crippen LogP contribution in [0, 0.1) is 0 Å². The van der Waals surface area contributed by atoms with E-state index in [9.17, 15) is 0 Å². The highest BCUT2D eigenvalue weighted by molar-refractivity contribution is 9.08. The Kier molecular flexibility index (Phi) is 2.72. The van der Waals surface area contributed by atoms with Crippen molar-refractivity contribution in [2.45, 2.75) is 12.3 Å². The van der Waals surface area contributed by atoms with Gasteiger partial charge in [-0.25, -0.2) is 4.98 Å². The standard InChI is InChI=1S/C10H10BrNO2/c1-2-13-8-5-3-4-7-10(8)14-9(6-11)12-7/h3-5H,2,6H2,1H3. The summed E-state index contributed by atoms with van der Waals surface area (Å²) in [6, 6.07) is 5.70. The molecule has 2 rings (SSSR count). The topological polar surface area (TPSA) is 35.3 Å². The van der Waals surface area contributed by atoms with E-state index in [0.29, 0.717) is 17.8 Å². The van der Waals surface area contributed by atoms with Gasteiger partial charge in [-0.3, -0.25) is 0 Å². The number of benzene rings is 1. The molecule has 0 radical (unpaired) electrons. The molecule has 1 heterocycles. The normalized spacial score (nSPS) is 10.7. The lowest BCUT2D eigenvalue weighted by Gasteiger charge is -2.01. The van der Waals surface area contributed by atoms with Crippen LogP contribution in [0.15, 0.2) is 22.6 Å². The van der Waals surface area contributed by atoms with Crippen LogP contribution in [0.2, 0.25) is 0 Å². The fourth-order valence-electron chi connectivity index (χ4n) is 1.30. The minimum atomic E-state index is 0.618. The molecule has 0 N–H and O–H groups in total. The number of oxazole rings is 1. The SMILES string of the molecule is CCOc1cccc2nc(CBr)oc12. The second-order valence-corrected chi connectivity index (χ2v) is 3.34. The number of fused-ring (bicyclic) bond motifs is 1. The van der Waals surface area contributed by atoms with Crippen LogP contribution in [-0.4, -0.2) is 11.6 Å². The first-order valence-corrected chi connectivity index (χ1v) is 5.54. The van der Waals surface area contributed by atoms with Crippen molar-refractivity contribution in [1.82, 2.24) is 4.98 Å². The number of aromatic nitrogens is 1. The summed E-state index contributed by atoms with van der Waals surface area (Å²) in [4.78, 5) is 4.28. The van der Waals surface area contributed by atoms with Gasteiger partial charge in [0.1, 0.15) is 5.52 Å². The van der Waals surface area contributed by atoms with Crippen molar-refractivity contribution in [3.8, 4) is 5.75 Å². The average molecular weight is 256 g/mol. The molecule has 0 amide bonds. The molecule has 1 aromatic heterocycles. The van der Waals surface area contributed by atoms with Crippen LogP contribution in [-0.2, 0) is 5.33 Å². The molecule has 14 heavy (non-hydrogen) atoms. The molecule has 2 aromatic rings. The molecule has 0 atom stereocenters. The summed E-state index contributed by atoms with van der Waals surface area (Å²) in [5, 5.41) is 0.618. The van der Waals surface area contributed by atoms with E-state index in [1.54, 1.807) is 0 Å². The lowest BCUT2D eigenvalue weighted by Crippen LogP contribution is -1.90. The fraction of sp³-hybridized carbons (Fsp3) is 0.300. The first-order valence-electron chi connectivity index (χ1n) is 4.42. The molecule has 0 saturated carbocycles. The van der Waals surface area contributed by atoms with Crippen molar-refractivity contribution in [3.05, 3.63) is 24.1 Å². The Bertz CT molecular complexity index is 439. The van der Waals surface area contributed by atoms with Crippen molar-refractivity contribution < 1.29 is 9.15 Å². The van der Waals surface area contributed by atoms with E-state index in [2.05, 4.69) is 20.9 Å². The van der Waals surface area contributed by atoms with Crippen LogP contribution < -0.4 is 4.74 Å². The van der Waals surface area contributed by atoms with E-state index in [1.807, 2.05) is 25.1 Å². The van der Waals surface area contributed by atoms with E-state index in [1.165, 1.54) is 0 Å². The van der Waals surface area contributed by atoms with Gasteiger partial charge in [-0.15, -0.1) is 0 Å². The average Bonchev–Trinajstić information content (AvgIpc) is 2.62. The van der Waals surface area contributed by atoms with Gasteiger partial charge in [0.15, 0.2) is 11.3 Å². The maximum absolute atomic E-state index is 5.52. The summed E-state index contributed by atoms with van der Waals surface area (Å²) in [5.74, 6) is 1.43. The third kappa shape index (κ3) is 1.62. The summed E-state index contributed by atoms with van der Waals surface area (Å²) in [5.41, 5.74) is 1.56. The summed E-state index contributed by atoms with van der Waals surface area (Å²) in [6.45, 7) is 2.57. The predicted molar refractivity (Wildman–Crippen MR) is 57.8 cm³/mol. The zero-order valence-corrected chi connectivity index (χ0v) is 9.37. The molecule has 0 fully saturated rings. The van der Waals surface area contributed by atoms with Gasteiger partial charge in [0.05, 0.1) is 11.9 Å². The van der Waals surface area contributed by atoms with Gasteiger partial charge in [-0.1, -0.05) is 22.0 Å². The quantitative estimate of drug-likeness (QED) is 0.791. The number of halogens is 1. The molecule has 0 unspecified atom stereocenters. The molecule has 0 aliphatic carbocycles. The highest BCUT2D eigenvalue weighted by Gasteiger charge is 2.08. The van der Waals surface area contributed by atoms with Gasteiger partial charge in [0.2, 0.25) is 5.89 Å². The van der Waals surface area contributed by atoms with Gasteiger partial charge >= 0.3 is 0 Å². The monoisotopic (exact) mass is 255 g/mol. The number of hydrogen-bond acceptors (Lipinski definition) is 3. The molecule has 74 valence electrons. The lowest BCUT2D eigenvalue weighted by molar-refractivity contribution is 0.338. The number of para-hydroxylation sites is 1. The molecule has 0 aliphatic heterocycles. The Morgan fingerprint density at radius 1 is 1.50 bits per heavy atom. The van der Waals surface area contributed by atoms with Crippen molar-refractivity contribution >= 4 is 27.0 Å². The number of rotatable bonds is 3. The summed E-state index contributed by atoms with van der Waals surface area (Å²) in [7, 11) is 0. The third-order valence-electron chi connectivity index (χ3n) is 1.84. The van der Waals surface area contributed by atoms with Crippen LogP contribution in [0.25, 0.3) is 11.1 Å². The zero-order valence-electron chi connectivity index (χ0n) is 7.79. The molecular weight excluding hydrogens is 246 g/mol. The zero-order chi connectivity index (χ0) is 9.97. The molecule has 0 aliphatic rings. The predicted octanol–water partition coefficient (Wildman–Crippen LogP) is 3.12. The van der Waals surface area contributed by atoms with E-state index in [0.717, 1.165) is 16.8 Å². The van der Waals surface area contributed by atoms with Gasteiger partial charge in [-0.2, -0.15) is 0 Å². The Morgan fingerprint density at radius 2 is 2.36 bits per heavy atom. The van der Waals surface area contributed by atoms with Gasteiger partial charge in [0.25, 0.3) is 0 Å². The second-order valence-electron chi connectivity index (χ2n) is 2.78. The number of ether oxygens (including phenoxy) is 1. The Hall–Kier alpha value is -1.03. The third-order valence-corrected chi connectivity index (χ3v) is 2.32. The largest absolute Gasteiger partial charge is 0.490 e. The molecule has 0 bridgehead atoms. The molecule has 1 aromatic carbocycles. The Balaban J connectivity index is 2.55. The fourth-order valence-corrected chi connectivity index (χ4v) is 1.54. The van der Waals surface area contributed by atoms with Gasteiger partial charge in [0, 0.05) is 0 Å². The maximum Gasteiger partial charge on any atom is 0.206 e. The van der Waals surface area contributed by atoms with Crippen molar-refractivity contribution in [2.24, 2.45) is 0 Å². The first kappa shape index (κ1) is 9.52. The minimum Gasteiger partial charge on any atom is -0.490 e. The van der Waals surface area contributed by atoms with E-state index >= 15 is 0 Å². The van der Waals surface area contributed by atoms with Crippen molar-refractivity contribution in [1.29, 1.82) is 0 Å². The molecule has 0 spiro atoms. The van der Waals surface area contributed by atoms with Crippen LogP contribution in [0.5, 0.6) is 5.75 Å².